The third-order valence-corrected chi connectivity index (χ3v) is 4.47. The number of allylic oxidation sites excluding steroid dienone is 8. The van der Waals surface area contributed by atoms with Gasteiger partial charge in [-0.2, -0.15) is 22.3 Å². The molecule has 0 saturated carbocycles. The first-order chi connectivity index (χ1) is 8.25. The van der Waals surface area contributed by atoms with E-state index in [1.165, 1.54) is 33.4 Å². The second-order valence-electron chi connectivity index (χ2n) is 5.60. The molecule has 104 valence electrons. The Kier molecular flexibility index (Phi) is 7.13. The molecule has 0 heterocycles. The van der Waals surface area contributed by atoms with Gasteiger partial charge in [0.05, 0.1) is 0 Å². The van der Waals surface area contributed by atoms with Crippen LogP contribution in [0.15, 0.2) is 33.4 Å². The fourth-order valence-electron chi connectivity index (χ4n) is 2.32. The molecule has 0 nitrogen and oxygen atoms in total. The van der Waals surface area contributed by atoms with Crippen molar-refractivity contribution in [2.24, 2.45) is 11.8 Å². The minimum Gasteiger partial charge on any atom is -0.266 e. The standard InChI is InChI=1S/2C9H13.Cr/c2*1-6-5-7(2)9(4)8(6)3;/h2*6H,1-4H3;/q2*-1;+2. The topological polar surface area (TPSA) is 0 Å². The Hall–Kier alpha value is -0.508. The number of hydrogen-bond donors (Lipinski definition) is 0. The van der Waals surface area contributed by atoms with E-state index < -0.39 is 0 Å². The van der Waals surface area contributed by atoms with Crippen molar-refractivity contribution in [2.75, 3.05) is 0 Å². The molecule has 1 heteroatoms. The first-order valence-corrected chi connectivity index (χ1v) is 6.81. The van der Waals surface area contributed by atoms with Crippen LogP contribution in [0.4, 0.5) is 0 Å². The number of hydrogen-bond acceptors (Lipinski definition) is 0. The van der Waals surface area contributed by atoms with Crippen molar-refractivity contribution in [1.29, 1.82) is 0 Å². The summed E-state index contributed by atoms with van der Waals surface area (Å²) in [4.78, 5) is 0. The zero-order valence-electron chi connectivity index (χ0n) is 13.6. The van der Waals surface area contributed by atoms with Crippen LogP contribution in [0.2, 0.25) is 0 Å². The van der Waals surface area contributed by atoms with Gasteiger partial charge >= 0.3 is 17.4 Å². The van der Waals surface area contributed by atoms with Gasteiger partial charge in [0.1, 0.15) is 0 Å². The van der Waals surface area contributed by atoms with Crippen LogP contribution in [0.1, 0.15) is 55.4 Å². The summed E-state index contributed by atoms with van der Waals surface area (Å²) in [5, 5.41) is 0. The molecule has 2 unspecified atom stereocenters. The van der Waals surface area contributed by atoms with Crippen LogP contribution in [0.3, 0.4) is 0 Å². The van der Waals surface area contributed by atoms with Crippen LogP contribution >= 0.6 is 0 Å². The Bertz CT molecular complexity index is 414. The largest absolute Gasteiger partial charge is 2.00 e. The molecule has 0 aromatic heterocycles. The summed E-state index contributed by atoms with van der Waals surface area (Å²) in [7, 11) is 0. The Morgan fingerprint density at radius 2 is 0.895 bits per heavy atom. The van der Waals surface area contributed by atoms with E-state index >= 15 is 0 Å². The van der Waals surface area contributed by atoms with Crippen molar-refractivity contribution in [2.45, 2.75) is 55.4 Å². The van der Waals surface area contributed by atoms with Crippen molar-refractivity contribution in [3.8, 4) is 0 Å². The van der Waals surface area contributed by atoms with E-state index in [2.05, 4.69) is 67.5 Å². The Morgan fingerprint density at radius 1 is 0.632 bits per heavy atom. The molecular formula is C18H26Cr. The molecule has 0 aromatic rings. The maximum absolute atomic E-state index is 3.36. The van der Waals surface area contributed by atoms with Gasteiger partial charge in [-0.25, -0.2) is 11.1 Å². The van der Waals surface area contributed by atoms with Crippen molar-refractivity contribution in [3.05, 3.63) is 45.6 Å². The van der Waals surface area contributed by atoms with Crippen molar-refractivity contribution < 1.29 is 17.4 Å². The van der Waals surface area contributed by atoms with Gasteiger partial charge in [-0.1, -0.05) is 53.4 Å². The first-order valence-electron chi connectivity index (χ1n) is 6.81. The van der Waals surface area contributed by atoms with E-state index in [0.717, 1.165) is 0 Å². The molecule has 0 saturated heterocycles. The molecule has 0 fully saturated rings. The summed E-state index contributed by atoms with van der Waals surface area (Å²) in [6, 6.07) is 0. The molecule has 19 heavy (non-hydrogen) atoms. The van der Waals surface area contributed by atoms with Crippen LogP contribution in [-0.2, 0) is 17.4 Å². The SMILES string of the molecule is CC1=[C-]C(C)C(C)=C1C.CC1=[C-]C(C)C(C)=C1C.[Cr+2]. The summed E-state index contributed by atoms with van der Waals surface area (Å²) >= 11 is 0. The molecule has 0 radical (unpaired) electrons. The molecule has 2 atom stereocenters. The molecule has 0 spiro atoms. The predicted molar refractivity (Wildman–Crippen MR) is 79.9 cm³/mol. The molecule has 2 rings (SSSR count). The smallest absolute Gasteiger partial charge is 0.266 e. The first kappa shape index (κ1) is 18.5. The van der Waals surface area contributed by atoms with Crippen molar-refractivity contribution in [3.63, 3.8) is 0 Å². The van der Waals surface area contributed by atoms with E-state index in [9.17, 15) is 0 Å². The third kappa shape index (κ3) is 4.23. The van der Waals surface area contributed by atoms with E-state index in [1.807, 2.05) is 0 Å². The maximum atomic E-state index is 3.36. The van der Waals surface area contributed by atoms with Crippen LogP contribution in [0.25, 0.3) is 0 Å². The Morgan fingerprint density at radius 3 is 0.947 bits per heavy atom. The zero-order valence-corrected chi connectivity index (χ0v) is 14.8. The third-order valence-electron chi connectivity index (χ3n) is 4.47. The van der Waals surface area contributed by atoms with E-state index in [4.69, 9.17) is 0 Å². The fourth-order valence-corrected chi connectivity index (χ4v) is 2.32. The summed E-state index contributed by atoms with van der Waals surface area (Å²) < 4.78 is 0. The summed E-state index contributed by atoms with van der Waals surface area (Å²) in [6.45, 7) is 17.3. The Balaban J connectivity index is 0.000000324. The van der Waals surface area contributed by atoms with Crippen LogP contribution in [0.5, 0.6) is 0 Å². The molecule has 2 aliphatic rings. The molecule has 0 aliphatic heterocycles. The summed E-state index contributed by atoms with van der Waals surface area (Å²) in [5.41, 5.74) is 8.49. The molecular weight excluding hydrogens is 268 g/mol. The number of rotatable bonds is 0. The van der Waals surface area contributed by atoms with E-state index in [-0.39, 0.29) is 17.4 Å². The second-order valence-corrected chi connectivity index (χ2v) is 5.60. The van der Waals surface area contributed by atoms with Crippen molar-refractivity contribution in [1.82, 2.24) is 0 Å². The van der Waals surface area contributed by atoms with Gasteiger partial charge in [-0.15, -0.1) is 13.8 Å². The zero-order chi connectivity index (χ0) is 14.0. The normalized spacial score (nSPS) is 25.7. The molecule has 0 N–H and O–H groups in total. The van der Waals surface area contributed by atoms with Gasteiger partial charge in [0, 0.05) is 0 Å². The molecule has 0 aromatic carbocycles. The molecule has 2 aliphatic carbocycles. The van der Waals surface area contributed by atoms with Gasteiger partial charge in [-0.05, 0) is 0 Å². The summed E-state index contributed by atoms with van der Waals surface area (Å²) in [6.07, 6.45) is 6.72. The minimum atomic E-state index is 0. The molecule has 0 bridgehead atoms. The van der Waals surface area contributed by atoms with E-state index in [0.29, 0.717) is 11.8 Å². The average molecular weight is 294 g/mol. The Labute approximate surface area is 130 Å². The van der Waals surface area contributed by atoms with Gasteiger partial charge < -0.3 is 0 Å². The average Bonchev–Trinajstić information content (AvgIpc) is 2.66. The second kappa shape index (κ2) is 7.32. The van der Waals surface area contributed by atoms with Gasteiger partial charge in [0.15, 0.2) is 0 Å². The van der Waals surface area contributed by atoms with Crippen LogP contribution < -0.4 is 0 Å². The van der Waals surface area contributed by atoms with Gasteiger partial charge in [-0.3, -0.25) is 12.2 Å². The fraction of sp³-hybridized carbons (Fsp3) is 0.556. The maximum Gasteiger partial charge on any atom is 2.00 e. The van der Waals surface area contributed by atoms with Gasteiger partial charge in [0.2, 0.25) is 0 Å². The van der Waals surface area contributed by atoms with E-state index in [1.54, 1.807) is 0 Å². The molecule has 0 amide bonds. The monoisotopic (exact) mass is 294 g/mol. The van der Waals surface area contributed by atoms with Crippen LogP contribution in [-0.4, -0.2) is 0 Å². The quantitative estimate of drug-likeness (QED) is 0.522. The minimum absolute atomic E-state index is 0. The summed E-state index contributed by atoms with van der Waals surface area (Å²) in [5.74, 6) is 1.12. The van der Waals surface area contributed by atoms with Gasteiger partial charge in [0.25, 0.3) is 0 Å². The van der Waals surface area contributed by atoms with Crippen LogP contribution in [0, 0.1) is 24.0 Å². The van der Waals surface area contributed by atoms with Crippen molar-refractivity contribution >= 4 is 0 Å². The predicted octanol–water partition coefficient (Wildman–Crippen LogP) is 5.44.